The molecule has 0 bridgehead atoms. The number of amides is 1. The van der Waals surface area contributed by atoms with Crippen molar-refractivity contribution >= 4 is 21.6 Å². The third kappa shape index (κ3) is 6.24. The number of hydrogen-bond acceptors (Lipinski definition) is 3. The van der Waals surface area contributed by atoms with Crippen molar-refractivity contribution in [3.05, 3.63) is 29.3 Å². The molecule has 1 N–H and O–H groups in total. The van der Waals surface area contributed by atoms with E-state index in [2.05, 4.69) is 5.32 Å². The summed E-state index contributed by atoms with van der Waals surface area (Å²) in [5.41, 5.74) is 2.95. The molecule has 0 aliphatic rings. The lowest BCUT2D eigenvalue weighted by Gasteiger charge is -2.21. The lowest BCUT2D eigenvalue weighted by Crippen LogP contribution is -2.38. The van der Waals surface area contributed by atoms with Crippen LogP contribution in [0, 0.1) is 5.92 Å². The Balaban J connectivity index is 2.90. The van der Waals surface area contributed by atoms with E-state index in [1.165, 1.54) is 4.31 Å². The number of aryl methyl sites for hydroxylation is 2. The van der Waals surface area contributed by atoms with Gasteiger partial charge in [-0.3, -0.25) is 4.79 Å². The largest absolute Gasteiger partial charge is 0.324 e. The van der Waals surface area contributed by atoms with Gasteiger partial charge < -0.3 is 5.32 Å². The molecule has 6 heteroatoms. The fourth-order valence-electron chi connectivity index (χ4n) is 2.51. The van der Waals surface area contributed by atoms with E-state index in [9.17, 15) is 13.2 Å². The van der Waals surface area contributed by atoms with E-state index in [1.54, 1.807) is 0 Å². The minimum Gasteiger partial charge on any atom is -0.324 e. The van der Waals surface area contributed by atoms with Crippen LogP contribution in [0.3, 0.4) is 0 Å². The second-order valence-corrected chi connectivity index (χ2v) is 8.47. The zero-order valence-corrected chi connectivity index (χ0v) is 16.2. The van der Waals surface area contributed by atoms with Crippen LogP contribution in [-0.2, 0) is 27.7 Å². The first kappa shape index (κ1) is 20.6. The van der Waals surface area contributed by atoms with E-state index < -0.39 is 10.0 Å². The van der Waals surface area contributed by atoms with Gasteiger partial charge >= 0.3 is 0 Å². The molecule has 0 spiro atoms. The van der Waals surface area contributed by atoms with E-state index >= 15 is 0 Å². The maximum Gasteiger partial charge on any atom is 0.239 e. The highest BCUT2D eigenvalue weighted by atomic mass is 32.2. The summed E-state index contributed by atoms with van der Waals surface area (Å²) in [5, 5.41) is 2.93. The Morgan fingerprint density at radius 3 is 2.12 bits per heavy atom. The predicted molar refractivity (Wildman–Crippen MR) is 99.7 cm³/mol. The molecule has 0 saturated heterocycles. The van der Waals surface area contributed by atoms with E-state index in [0.717, 1.165) is 42.3 Å². The van der Waals surface area contributed by atoms with Crippen molar-refractivity contribution in [3.8, 4) is 0 Å². The number of rotatable bonds is 9. The van der Waals surface area contributed by atoms with E-state index in [4.69, 9.17) is 0 Å². The first-order valence-corrected chi connectivity index (χ1v) is 10.4. The Morgan fingerprint density at radius 2 is 1.71 bits per heavy atom. The highest BCUT2D eigenvalue weighted by molar-refractivity contribution is 7.88. The van der Waals surface area contributed by atoms with Gasteiger partial charge in [0.05, 0.1) is 12.8 Å². The standard InChI is InChI=1S/C18H30N2O3S/c1-6-15-9-8-10-16(7-2)18(15)19-17(21)13-20(24(5,22)23)12-11-14(3)4/h8-10,14H,6-7,11-13H2,1-5H3,(H,19,21). The summed E-state index contributed by atoms with van der Waals surface area (Å²) in [4.78, 5) is 12.4. The van der Waals surface area contributed by atoms with Crippen molar-refractivity contribution < 1.29 is 13.2 Å². The Kier molecular flexibility index (Phi) is 7.90. The zero-order valence-electron chi connectivity index (χ0n) is 15.4. The van der Waals surface area contributed by atoms with Crippen molar-refractivity contribution in [3.63, 3.8) is 0 Å². The van der Waals surface area contributed by atoms with Crippen LogP contribution in [-0.4, -0.2) is 38.0 Å². The molecule has 1 rings (SSSR count). The second kappa shape index (κ2) is 9.18. The molecule has 0 fully saturated rings. The number of sulfonamides is 1. The van der Waals surface area contributed by atoms with Gasteiger partial charge in [-0.15, -0.1) is 0 Å². The maximum atomic E-state index is 12.4. The molecule has 1 aromatic carbocycles. The Hall–Kier alpha value is -1.40. The summed E-state index contributed by atoms with van der Waals surface area (Å²) in [7, 11) is -3.41. The smallest absolute Gasteiger partial charge is 0.239 e. The third-order valence-corrected chi connectivity index (χ3v) is 5.26. The molecule has 0 atom stereocenters. The fourth-order valence-corrected chi connectivity index (χ4v) is 3.30. The molecule has 0 radical (unpaired) electrons. The molecule has 0 aliphatic carbocycles. The molecule has 136 valence electrons. The fraction of sp³-hybridized carbons (Fsp3) is 0.611. The van der Waals surface area contributed by atoms with Gasteiger partial charge in [0.1, 0.15) is 0 Å². The highest BCUT2D eigenvalue weighted by Crippen LogP contribution is 2.22. The molecule has 0 saturated carbocycles. The van der Waals surface area contributed by atoms with Crippen LogP contribution in [0.2, 0.25) is 0 Å². The van der Waals surface area contributed by atoms with Crippen LogP contribution in [0.15, 0.2) is 18.2 Å². The Morgan fingerprint density at radius 1 is 1.17 bits per heavy atom. The number of carbonyl (C=O) groups is 1. The van der Waals surface area contributed by atoms with Gasteiger partial charge in [-0.05, 0) is 36.3 Å². The highest BCUT2D eigenvalue weighted by Gasteiger charge is 2.21. The molecule has 0 unspecified atom stereocenters. The normalized spacial score (nSPS) is 12.0. The first-order chi connectivity index (χ1) is 11.2. The summed E-state index contributed by atoms with van der Waals surface area (Å²) in [6.07, 6.45) is 3.50. The van der Waals surface area contributed by atoms with Gasteiger partial charge in [-0.25, -0.2) is 8.42 Å². The average Bonchev–Trinajstić information content (AvgIpc) is 2.50. The van der Waals surface area contributed by atoms with E-state index in [-0.39, 0.29) is 12.5 Å². The predicted octanol–water partition coefficient (Wildman–Crippen LogP) is 3.06. The number of hydrogen-bond donors (Lipinski definition) is 1. The summed E-state index contributed by atoms with van der Waals surface area (Å²) < 4.78 is 25.1. The van der Waals surface area contributed by atoms with Gasteiger partial charge in [0.2, 0.25) is 15.9 Å². The zero-order chi connectivity index (χ0) is 18.3. The minimum atomic E-state index is -3.41. The van der Waals surface area contributed by atoms with Crippen LogP contribution in [0.25, 0.3) is 0 Å². The van der Waals surface area contributed by atoms with Crippen LogP contribution in [0.4, 0.5) is 5.69 Å². The average molecular weight is 355 g/mol. The number of para-hydroxylation sites is 1. The molecule has 5 nitrogen and oxygen atoms in total. The van der Waals surface area contributed by atoms with E-state index in [0.29, 0.717) is 12.5 Å². The van der Waals surface area contributed by atoms with Crippen LogP contribution >= 0.6 is 0 Å². The topological polar surface area (TPSA) is 66.5 Å². The lowest BCUT2D eigenvalue weighted by atomic mass is 10.0. The molecule has 0 aromatic heterocycles. The van der Waals surface area contributed by atoms with Crippen LogP contribution < -0.4 is 5.32 Å². The quantitative estimate of drug-likeness (QED) is 0.741. The maximum absolute atomic E-state index is 12.4. The van der Waals surface area contributed by atoms with Crippen LogP contribution in [0.1, 0.15) is 45.2 Å². The Labute approximate surface area is 146 Å². The number of nitrogens with zero attached hydrogens (tertiary/aromatic N) is 1. The molecule has 24 heavy (non-hydrogen) atoms. The summed E-state index contributed by atoms with van der Waals surface area (Å²) >= 11 is 0. The SMILES string of the molecule is CCc1cccc(CC)c1NC(=O)CN(CCC(C)C)S(C)(=O)=O. The van der Waals surface area contributed by atoms with Crippen molar-refractivity contribution in [2.75, 3.05) is 24.7 Å². The Bertz CT molecular complexity index is 632. The van der Waals surface area contributed by atoms with Gasteiger partial charge in [0, 0.05) is 12.2 Å². The van der Waals surface area contributed by atoms with E-state index in [1.807, 2.05) is 45.9 Å². The van der Waals surface area contributed by atoms with Crippen molar-refractivity contribution in [2.45, 2.75) is 47.0 Å². The molecule has 0 heterocycles. The number of benzene rings is 1. The van der Waals surface area contributed by atoms with Gasteiger partial charge in [-0.2, -0.15) is 4.31 Å². The summed E-state index contributed by atoms with van der Waals surface area (Å²) in [6.45, 7) is 8.36. The third-order valence-electron chi connectivity index (χ3n) is 4.01. The summed E-state index contributed by atoms with van der Waals surface area (Å²) in [5.74, 6) is 0.0876. The number of nitrogens with one attached hydrogen (secondary N) is 1. The lowest BCUT2D eigenvalue weighted by molar-refractivity contribution is -0.116. The second-order valence-electron chi connectivity index (χ2n) is 6.49. The summed E-state index contributed by atoms with van der Waals surface area (Å²) in [6, 6.07) is 5.96. The van der Waals surface area contributed by atoms with Crippen LogP contribution in [0.5, 0.6) is 0 Å². The first-order valence-electron chi connectivity index (χ1n) is 8.54. The van der Waals surface area contributed by atoms with Crippen molar-refractivity contribution in [1.82, 2.24) is 4.31 Å². The van der Waals surface area contributed by atoms with Gasteiger partial charge in [-0.1, -0.05) is 45.9 Å². The molecule has 1 aromatic rings. The molecule has 1 amide bonds. The van der Waals surface area contributed by atoms with Crippen molar-refractivity contribution in [1.29, 1.82) is 0 Å². The minimum absolute atomic E-state index is 0.146. The van der Waals surface area contributed by atoms with Crippen molar-refractivity contribution in [2.24, 2.45) is 5.92 Å². The number of anilines is 1. The number of carbonyl (C=O) groups excluding carboxylic acids is 1. The molecular formula is C18H30N2O3S. The monoisotopic (exact) mass is 354 g/mol. The van der Waals surface area contributed by atoms with Gasteiger partial charge in [0.25, 0.3) is 0 Å². The molecule has 0 aliphatic heterocycles. The molecular weight excluding hydrogens is 324 g/mol. The van der Waals surface area contributed by atoms with Gasteiger partial charge in [0.15, 0.2) is 0 Å².